The van der Waals surface area contributed by atoms with Crippen molar-refractivity contribution in [2.24, 2.45) is 17.6 Å². The SMILES string of the molecule is CN1CCC(Cn2cncc2C(N)C2CCOC2)CC1. The van der Waals surface area contributed by atoms with Gasteiger partial charge in [0.05, 0.1) is 24.7 Å². The van der Waals surface area contributed by atoms with Gasteiger partial charge >= 0.3 is 0 Å². The maximum absolute atomic E-state index is 6.42. The van der Waals surface area contributed by atoms with Crippen LogP contribution in [0, 0.1) is 11.8 Å². The standard InChI is InChI=1S/C15H26N4O/c1-18-5-2-12(3-6-18)9-19-11-17-8-14(19)15(16)13-4-7-20-10-13/h8,11-13,15H,2-7,9-10,16H2,1H3. The van der Waals surface area contributed by atoms with E-state index in [4.69, 9.17) is 10.5 Å². The summed E-state index contributed by atoms with van der Waals surface area (Å²) in [5, 5.41) is 0. The third-order valence-electron chi connectivity index (χ3n) is 4.85. The summed E-state index contributed by atoms with van der Waals surface area (Å²) in [5.74, 6) is 1.20. The smallest absolute Gasteiger partial charge is 0.0948 e. The summed E-state index contributed by atoms with van der Waals surface area (Å²) in [6.45, 7) is 5.11. The summed E-state index contributed by atoms with van der Waals surface area (Å²) in [6.07, 6.45) is 7.51. The third-order valence-corrected chi connectivity index (χ3v) is 4.85. The molecule has 0 spiro atoms. The second-order valence-corrected chi connectivity index (χ2v) is 6.37. The molecule has 0 radical (unpaired) electrons. The van der Waals surface area contributed by atoms with Gasteiger partial charge in [-0.3, -0.25) is 0 Å². The molecule has 2 aliphatic rings. The number of rotatable bonds is 4. The number of imidazole rings is 1. The van der Waals surface area contributed by atoms with Crippen molar-refractivity contribution >= 4 is 0 Å². The van der Waals surface area contributed by atoms with Crippen LogP contribution < -0.4 is 5.73 Å². The van der Waals surface area contributed by atoms with Gasteiger partial charge in [-0.15, -0.1) is 0 Å². The zero-order chi connectivity index (χ0) is 13.9. The molecule has 2 fully saturated rings. The molecule has 2 atom stereocenters. The lowest BCUT2D eigenvalue weighted by molar-refractivity contribution is 0.179. The van der Waals surface area contributed by atoms with Crippen molar-refractivity contribution in [2.75, 3.05) is 33.4 Å². The maximum atomic E-state index is 6.42. The summed E-state index contributed by atoms with van der Waals surface area (Å²) in [4.78, 5) is 6.74. The lowest BCUT2D eigenvalue weighted by Crippen LogP contribution is -2.32. The Hall–Kier alpha value is -0.910. The number of nitrogens with zero attached hydrogens (tertiary/aromatic N) is 3. The van der Waals surface area contributed by atoms with Crippen LogP contribution in [0.3, 0.4) is 0 Å². The fourth-order valence-electron chi connectivity index (χ4n) is 3.36. The summed E-state index contributed by atoms with van der Waals surface area (Å²) >= 11 is 0. The lowest BCUT2D eigenvalue weighted by atomic mass is 9.95. The first-order chi connectivity index (χ1) is 9.74. The maximum Gasteiger partial charge on any atom is 0.0948 e. The minimum atomic E-state index is 0.0614. The molecule has 20 heavy (non-hydrogen) atoms. The van der Waals surface area contributed by atoms with E-state index < -0.39 is 0 Å². The monoisotopic (exact) mass is 278 g/mol. The summed E-state index contributed by atoms with van der Waals surface area (Å²) in [7, 11) is 2.20. The molecule has 2 unspecified atom stereocenters. The highest BCUT2D eigenvalue weighted by Crippen LogP contribution is 2.27. The number of hydrogen-bond acceptors (Lipinski definition) is 4. The molecule has 5 heteroatoms. The molecule has 1 aromatic rings. The average Bonchev–Trinajstić information content (AvgIpc) is 3.12. The third kappa shape index (κ3) is 3.05. The van der Waals surface area contributed by atoms with Gasteiger partial charge in [0.15, 0.2) is 0 Å². The molecule has 0 aliphatic carbocycles. The number of ether oxygens (including phenoxy) is 1. The first-order valence-corrected chi connectivity index (χ1v) is 7.76. The zero-order valence-electron chi connectivity index (χ0n) is 12.4. The molecule has 2 N–H and O–H groups in total. The normalized spacial score (nSPS) is 27.0. The molecule has 0 aromatic carbocycles. The van der Waals surface area contributed by atoms with Crippen molar-refractivity contribution in [1.29, 1.82) is 0 Å². The van der Waals surface area contributed by atoms with Crippen LogP contribution in [0.2, 0.25) is 0 Å². The largest absolute Gasteiger partial charge is 0.381 e. The van der Waals surface area contributed by atoms with E-state index in [1.807, 2.05) is 12.5 Å². The quantitative estimate of drug-likeness (QED) is 0.901. The predicted octanol–water partition coefficient (Wildman–Crippen LogP) is 1.26. The Kier molecular flexibility index (Phi) is 4.38. The van der Waals surface area contributed by atoms with E-state index in [2.05, 4.69) is 21.5 Å². The van der Waals surface area contributed by atoms with Gasteiger partial charge in [0.25, 0.3) is 0 Å². The van der Waals surface area contributed by atoms with E-state index in [0.717, 1.165) is 32.1 Å². The van der Waals surface area contributed by atoms with Gasteiger partial charge in [0, 0.05) is 25.3 Å². The van der Waals surface area contributed by atoms with Crippen LogP contribution in [0.1, 0.15) is 31.0 Å². The Morgan fingerprint density at radius 1 is 1.40 bits per heavy atom. The molecule has 2 aliphatic heterocycles. The second kappa shape index (κ2) is 6.24. The number of nitrogens with two attached hydrogens (primary N) is 1. The van der Waals surface area contributed by atoms with Crippen LogP contribution in [-0.2, 0) is 11.3 Å². The molecule has 112 valence electrons. The second-order valence-electron chi connectivity index (χ2n) is 6.37. The average molecular weight is 278 g/mol. The van der Waals surface area contributed by atoms with Crippen LogP contribution in [0.15, 0.2) is 12.5 Å². The van der Waals surface area contributed by atoms with E-state index in [-0.39, 0.29) is 6.04 Å². The van der Waals surface area contributed by atoms with Gasteiger partial charge in [-0.1, -0.05) is 0 Å². The molecule has 2 saturated heterocycles. The topological polar surface area (TPSA) is 56.3 Å². The number of hydrogen-bond donors (Lipinski definition) is 1. The van der Waals surface area contributed by atoms with Crippen molar-refractivity contribution in [1.82, 2.24) is 14.5 Å². The van der Waals surface area contributed by atoms with Gasteiger partial charge in [0.1, 0.15) is 0 Å². The Bertz CT molecular complexity index is 419. The number of piperidine rings is 1. The van der Waals surface area contributed by atoms with Crippen molar-refractivity contribution in [3.8, 4) is 0 Å². The minimum absolute atomic E-state index is 0.0614. The molecule has 1 aromatic heterocycles. The first kappa shape index (κ1) is 14.0. The molecule has 3 heterocycles. The van der Waals surface area contributed by atoms with Gasteiger partial charge in [-0.05, 0) is 45.3 Å². The Balaban J connectivity index is 1.64. The Labute approximate surface area is 121 Å². The summed E-state index contributed by atoms with van der Waals surface area (Å²) in [6, 6.07) is 0.0614. The van der Waals surface area contributed by atoms with Crippen molar-refractivity contribution in [3.05, 3.63) is 18.2 Å². The van der Waals surface area contributed by atoms with E-state index in [1.54, 1.807) is 0 Å². The summed E-state index contributed by atoms with van der Waals surface area (Å²) in [5.41, 5.74) is 7.60. The van der Waals surface area contributed by atoms with Gasteiger partial charge < -0.3 is 19.9 Å². The van der Waals surface area contributed by atoms with Gasteiger partial charge in [-0.2, -0.15) is 0 Å². The highest BCUT2D eigenvalue weighted by Gasteiger charge is 2.27. The molecular formula is C15H26N4O. The van der Waals surface area contributed by atoms with Crippen LogP contribution in [-0.4, -0.2) is 47.8 Å². The Morgan fingerprint density at radius 3 is 2.90 bits per heavy atom. The van der Waals surface area contributed by atoms with E-state index in [9.17, 15) is 0 Å². The van der Waals surface area contributed by atoms with Crippen LogP contribution in [0.5, 0.6) is 0 Å². The Morgan fingerprint density at radius 2 is 2.20 bits per heavy atom. The van der Waals surface area contributed by atoms with Gasteiger partial charge in [0.2, 0.25) is 0 Å². The molecule has 0 saturated carbocycles. The van der Waals surface area contributed by atoms with E-state index >= 15 is 0 Å². The summed E-state index contributed by atoms with van der Waals surface area (Å²) < 4.78 is 7.74. The fraction of sp³-hybridized carbons (Fsp3) is 0.800. The molecule has 3 rings (SSSR count). The molecule has 0 bridgehead atoms. The highest BCUT2D eigenvalue weighted by molar-refractivity contribution is 5.07. The van der Waals surface area contributed by atoms with Crippen molar-refractivity contribution in [3.63, 3.8) is 0 Å². The number of aromatic nitrogens is 2. The van der Waals surface area contributed by atoms with Crippen molar-refractivity contribution in [2.45, 2.75) is 31.8 Å². The van der Waals surface area contributed by atoms with Gasteiger partial charge in [-0.25, -0.2) is 4.98 Å². The van der Waals surface area contributed by atoms with E-state index in [1.165, 1.54) is 31.6 Å². The number of likely N-dealkylation sites (tertiary alicyclic amines) is 1. The van der Waals surface area contributed by atoms with Crippen LogP contribution >= 0.6 is 0 Å². The van der Waals surface area contributed by atoms with Crippen LogP contribution in [0.25, 0.3) is 0 Å². The zero-order valence-corrected chi connectivity index (χ0v) is 12.4. The molecule has 5 nitrogen and oxygen atoms in total. The van der Waals surface area contributed by atoms with E-state index in [0.29, 0.717) is 5.92 Å². The highest BCUT2D eigenvalue weighted by atomic mass is 16.5. The minimum Gasteiger partial charge on any atom is -0.381 e. The first-order valence-electron chi connectivity index (χ1n) is 7.76. The lowest BCUT2D eigenvalue weighted by Gasteiger charge is -2.30. The molecular weight excluding hydrogens is 252 g/mol. The molecule has 0 amide bonds. The van der Waals surface area contributed by atoms with Crippen LogP contribution in [0.4, 0.5) is 0 Å². The predicted molar refractivity (Wildman–Crippen MR) is 78.3 cm³/mol. The van der Waals surface area contributed by atoms with Crippen molar-refractivity contribution < 1.29 is 4.74 Å². The fourth-order valence-corrected chi connectivity index (χ4v) is 3.36.